The Bertz CT molecular complexity index is 822. The molecule has 2 heterocycles. The van der Waals surface area contributed by atoms with Gasteiger partial charge in [-0.15, -0.1) is 4.73 Å². The largest absolute Gasteiger partial charge is 0.388 e. The minimum atomic E-state index is -0.470. The molecule has 8 heteroatoms. The Morgan fingerprint density at radius 2 is 2.25 bits per heavy atom. The summed E-state index contributed by atoms with van der Waals surface area (Å²) in [6.07, 6.45) is 1.27. The zero-order valence-electron chi connectivity index (χ0n) is 10.6. The molecule has 0 radical (unpaired) electrons. The molecular formula is C12H12N6O2. The molecule has 4 N–H and O–H groups in total. The van der Waals surface area contributed by atoms with Gasteiger partial charge in [0, 0.05) is 18.8 Å². The SMILES string of the molecule is CNc1cccc(On2c(=O)[nH]c3c(N)ncnc32)c1. The predicted octanol–water partition coefficient (Wildman–Crippen LogP) is 0.586. The molecule has 0 saturated heterocycles. The van der Waals surface area contributed by atoms with Crippen LogP contribution in [0.1, 0.15) is 0 Å². The van der Waals surface area contributed by atoms with Gasteiger partial charge in [0.2, 0.25) is 5.65 Å². The number of benzene rings is 1. The number of nitrogens with zero attached hydrogens (tertiary/aromatic N) is 3. The van der Waals surface area contributed by atoms with Crippen LogP contribution in [0.2, 0.25) is 0 Å². The van der Waals surface area contributed by atoms with Gasteiger partial charge in [-0.2, -0.15) is 0 Å². The summed E-state index contributed by atoms with van der Waals surface area (Å²) < 4.78 is 1.04. The summed E-state index contributed by atoms with van der Waals surface area (Å²) in [5, 5.41) is 2.99. The van der Waals surface area contributed by atoms with E-state index < -0.39 is 5.69 Å². The van der Waals surface area contributed by atoms with E-state index in [2.05, 4.69) is 20.3 Å². The van der Waals surface area contributed by atoms with E-state index >= 15 is 0 Å². The predicted molar refractivity (Wildman–Crippen MR) is 74.6 cm³/mol. The molecule has 20 heavy (non-hydrogen) atoms. The van der Waals surface area contributed by atoms with E-state index in [0.717, 1.165) is 10.4 Å². The van der Waals surface area contributed by atoms with Crippen LogP contribution in [0.4, 0.5) is 11.5 Å². The number of nitrogens with two attached hydrogens (primary N) is 1. The third-order valence-electron chi connectivity index (χ3n) is 2.78. The first-order valence-corrected chi connectivity index (χ1v) is 5.86. The molecule has 3 rings (SSSR count). The average molecular weight is 272 g/mol. The van der Waals surface area contributed by atoms with Crippen molar-refractivity contribution in [1.29, 1.82) is 0 Å². The number of anilines is 2. The molecule has 0 bridgehead atoms. The Balaban J connectivity index is 2.08. The highest BCUT2D eigenvalue weighted by molar-refractivity contribution is 5.80. The van der Waals surface area contributed by atoms with Crippen LogP contribution in [0.25, 0.3) is 11.2 Å². The van der Waals surface area contributed by atoms with Gasteiger partial charge < -0.3 is 15.9 Å². The highest BCUT2D eigenvalue weighted by Crippen LogP contribution is 2.18. The summed E-state index contributed by atoms with van der Waals surface area (Å²) in [6.45, 7) is 0. The Morgan fingerprint density at radius 1 is 1.40 bits per heavy atom. The number of hydrogen-bond acceptors (Lipinski definition) is 6. The normalized spacial score (nSPS) is 10.7. The van der Waals surface area contributed by atoms with Crippen LogP contribution in [0, 0.1) is 0 Å². The first kappa shape index (κ1) is 12.0. The second kappa shape index (κ2) is 4.57. The number of nitrogens with one attached hydrogen (secondary N) is 2. The molecule has 2 aromatic heterocycles. The molecule has 0 unspecified atom stereocenters. The van der Waals surface area contributed by atoms with Gasteiger partial charge in [0.25, 0.3) is 0 Å². The first-order valence-electron chi connectivity index (χ1n) is 5.86. The van der Waals surface area contributed by atoms with Crippen LogP contribution in [0.3, 0.4) is 0 Å². The fourth-order valence-corrected chi connectivity index (χ4v) is 1.82. The fraction of sp³-hybridized carbons (Fsp3) is 0.0833. The number of nitrogen functional groups attached to an aromatic ring is 1. The van der Waals surface area contributed by atoms with Gasteiger partial charge >= 0.3 is 5.69 Å². The van der Waals surface area contributed by atoms with Gasteiger partial charge in [-0.1, -0.05) is 6.07 Å². The maximum Gasteiger partial charge on any atom is 0.361 e. The number of imidazole rings is 1. The van der Waals surface area contributed by atoms with Gasteiger partial charge in [-0.3, -0.25) is 4.98 Å². The van der Waals surface area contributed by atoms with Crippen LogP contribution in [-0.4, -0.2) is 26.7 Å². The summed E-state index contributed by atoms with van der Waals surface area (Å²) in [4.78, 5) is 27.8. The zero-order valence-corrected chi connectivity index (χ0v) is 10.6. The first-order chi connectivity index (χ1) is 9.69. The zero-order chi connectivity index (χ0) is 14.1. The lowest BCUT2D eigenvalue weighted by Crippen LogP contribution is -2.21. The summed E-state index contributed by atoms with van der Waals surface area (Å²) in [5.41, 5.74) is 6.71. The van der Waals surface area contributed by atoms with Gasteiger partial charge in [-0.05, 0) is 12.1 Å². The van der Waals surface area contributed by atoms with E-state index in [1.165, 1.54) is 6.33 Å². The Labute approximate surface area is 113 Å². The van der Waals surface area contributed by atoms with Crippen molar-refractivity contribution in [3.8, 4) is 5.75 Å². The van der Waals surface area contributed by atoms with E-state index in [9.17, 15) is 4.79 Å². The van der Waals surface area contributed by atoms with E-state index in [0.29, 0.717) is 11.3 Å². The molecular weight excluding hydrogens is 260 g/mol. The number of hydrogen-bond donors (Lipinski definition) is 3. The second-order valence-corrected chi connectivity index (χ2v) is 4.05. The van der Waals surface area contributed by atoms with E-state index in [1.807, 2.05) is 12.1 Å². The minimum Gasteiger partial charge on any atom is -0.388 e. The van der Waals surface area contributed by atoms with Crippen molar-refractivity contribution in [3.63, 3.8) is 0 Å². The fourth-order valence-electron chi connectivity index (χ4n) is 1.82. The number of rotatable bonds is 3. The molecule has 0 atom stereocenters. The number of fused-ring (bicyclic) bond motifs is 1. The van der Waals surface area contributed by atoms with Crippen LogP contribution in [-0.2, 0) is 0 Å². The molecule has 0 fully saturated rings. The van der Waals surface area contributed by atoms with Crippen LogP contribution >= 0.6 is 0 Å². The third-order valence-corrected chi connectivity index (χ3v) is 2.78. The van der Waals surface area contributed by atoms with Gasteiger partial charge in [0.05, 0.1) is 0 Å². The molecule has 0 spiro atoms. The smallest absolute Gasteiger partial charge is 0.361 e. The van der Waals surface area contributed by atoms with Crippen molar-refractivity contribution >= 4 is 22.7 Å². The van der Waals surface area contributed by atoms with Crippen LogP contribution < -0.4 is 21.6 Å². The van der Waals surface area contributed by atoms with Gasteiger partial charge in [0.1, 0.15) is 11.8 Å². The summed E-state index contributed by atoms with van der Waals surface area (Å²) >= 11 is 0. The van der Waals surface area contributed by atoms with E-state index in [1.54, 1.807) is 19.2 Å². The van der Waals surface area contributed by atoms with Crippen molar-refractivity contribution in [3.05, 3.63) is 41.1 Å². The van der Waals surface area contributed by atoms with Crippen LogP contribution in [0.5, 0.6) is 5.75 Å². The molecule has 1 aromatic carbocycles. The molecule has 102 valence electrons. The Hall–Kier alpha value is -3.03. The second-order valence-electron chi connectivity index (χ2n) is 4.05. The monoisotopic (exact) mass is 272 g/mol. The van der Waals surface area contributed by atoms with Crippen LogP contribution in [0.15, 0.2) is 35.4 Å². The number of aromatic amines is 1. The Morgan fingerprint density at radius 3 is 3.05 bits per heavy atom. The lowest BCUT2D eigenvalue weighted by Gasteiger charge is -2.07. The van der Waals surface area contributed by atoms with Crippen molar-refractivity contribution in [1.82, 2.24) is 19.7 Å². The van der Waals surface area contributed by atoms with Crippen molar-refractivity contribution in [2.75, 3.05) is 18.1 Å². The van der Waals surface area contributed by atoms with Gasteiger partial charge in [-0.25, -0.2) is 14.8 Å². The molecule has 0 amide bonds. The highest BCUT2D eigenvalue weighted by atomic mass is 16.7. The third kappa shape index (κ3) is 1.92. The van der Waals surface area contributed by atoms with Crippen molar-refractivity contribution in [2.45, 2.75) is 0 Å². The van der Waals surface area contributed by atoms with Crippen molar-refractivity contribution in [2.24, 2.45) is 0 Å². The summed E-state index contributed by atoms with van der Waals surface area (Å²) in [7, 11) is 1.80. The maximum atomic E-state index is 11.9. The average Bonchev–Trinajstić information content (AvgIpc) is 2.78. The minimum absolute atomic E-state index is 0.193. The molecule has 0 saturated carbocycles. The van der Waals surface area contributed by atoms with E-state index in [-0.39, 0.29) is 11.5 Å². The molecule has 0 aliphatic rings. The topological polar surface area (TPSA) is 111 Å². The number of H-pyrrole nitrogens is 1. The summed E-state index contributed by atoms with van der Waals surface area (Å²) in [6, 6.07) is 7.18. The molecule has 0 aliphatic carbocycles. The lowest BCUT2D eigenvalue weighted by molar-refractivity contribution is 0.215. The molecule has 8 nitrogen and oxygen atoms in total. The Kier molecular flexibility index (Phi) is 2.75. The standard InChI is InChI=1S/C12H12N6O2/c1-14-7-3-2-4-8(5-7)20-18-11-9(17-12(18)19)10(13)15-6-16-11/h2-6,14H,1H3,(H,17,19)(H2,13,15,16). The molecule has 3 aromatic rings. The van der Waals surface area contributed by atoms with Gasteiger partial charge in [0.15, 0.2) is 11.6 Å². The highest BCUT2D eigenvalue weighted by Gasteiger charge is 2.12. The maximum absolute atomic E-state index is 11.9. The molecule has 0 aliphatic heterocycles. The summed E-state index contributed by atoms with van der Waals surface area (Å²) in [5.74, 6) is 0.690. The number of aromatic nitrogens is 4. The lowest BCUT2D eigenvalue weighted by atomic mass is 10.3. The quantitative estimate of drug-likeness (QED) is 0.643. The van der Waals surface area contributed by atoms with Crippen molar-refractivity contribution < 1.29 is 4.84 Å². The van der Waals surface area contributed by atoms with E-state index in [4.69, 9.17) is 10.6 Å².